The Hall–Kier alpha value is -1.70. The summed E-state index contributed by atoms with van der Waals surface area (Å²) in [7, 11) is 0. The van der Waals surface area contributed by atoms with Gasteiger partial charge in [-0.1, -0.05) is 34.1 Å². The predicted molar refractivity (Wildman–Crippen MR) is 106 cm³/mol. The predicted octanol–water partition coefficient (Wildman–Crippen LogP) is 3.77. The van der Waals surface area contributed by atoms with Crippen LogP contribution in [-0.2, 0) is 11.3 Å². The number of benzene rings is 2. The van der Waals surface area contributed by atoms with Crippen LogP contribution in [0.1, 0.15) is 22.8 Å². The van der Waals surface area contributed by atoms with Gasteiger partial charge >= 0.3 is 0 Å². The van der Waals surface area contributed by atoms with Gasteiger partial charge in [0.2, 0.25) is 5.91 Å². The van der Waals surface area contributed by atoms with Crippen LogP contribution in [0, 0.1) is 0 Å². The number of nitrogens with one attached hydrogen (secondary N) is 1. The van der Waals surface area contributed by atoms with Crippen LogP contribution in [0.5, 0.6) is 0 Å². The molecule has 0 bridgehead atoms. The Morgan fingerprint density at radius 1 is 1.16 bits per heavy atom. The Balaban J connectivity index is 2.34. The van der Waals surface area contributed by atoms with E-state index in [0.717, 1.165) is 14.5 Å². The number of halogens is 2. The van der Waals surface area contributed by atoms with E-state index in [1.807, 2.05) is 37.3 Å². The molecule has 132 valence electrons. The van der Waals surface area contributed by atoms with E-state index in [1.165, 1.54) is 0 Å². The molecule has 3 N–H and O–H groups in total. The molecule has 0 aliphatic rings. The van der Waals surface area contributed by atoms with Crippen molar-refractivity contribution in [1.82, 2.24) is 4.90 Å². The van der Waals surface area contributed by atoms with Crippen LogP contribution >= 0.6 is 31.9 Å². The molecule has 7 heteroatoms. The van der Waals surface area contributed by atoms with E-state index in [9.17, 15) is 9.59 Å². The minimum absolute atomic E-state index is 0.0469. The fourth-order valence-electron chi connectivity index (χ4n) is 2.38. The molecule has 2 rings (SSSR count). The minimum Gasteiger partial charge on any atom is -0.337 e. The number of nitrogens with zero attached hydrogens (tertiary/aromatic N) is 1. The highest BCUT2D eigenvalue weighted by atomic mass is 79.9. The maximum Gasteiger partial charge on any atom is 0.255 e. The van der Waals surface area contributed by atoms with Gasteiger partial charge in [0.15, 0.2) is 0 Å². The van der Waals surface area contributed by atoms with Gasteiger partial charge in [0.25, 0.3) is 5.91 Å². The second-order valence-electron chi connectivity index (χ2n) is 5.35. The maximum atomic E-state index is 12.5. The van der Waals surface area contributed by atoms with Crippen molar-refractivity contribution >= 4 is 49.4 Å². The zero-order valence-corrected chi connectivity index (χ0v) is 16.9. The zero-order chi connectivity index (χ0) is 18.4. The Morgan fingerprint density at radius 3 is 2.44 bits per heavy atom. The lowest BCUT2D eigenvalue weighted by molar-refractivity contribution is -0.130. The van der Waals surface area contributed by atoms with Gasteiger partial charge < -0.3 is 16.0 Å². The summed E-state index contributed by atoms with van der Waals surface area (Å²) < 4.78 is 1.58. The molecule has 0 saturated carbocycles. The van der Waals surface area contributed by atoms with Crippen LogP contribution < -0.4 is 11.1 Å². The number of carbonyl (C=O) groups excluding carboxylic acids is 2. The summed E-state index contributed by atoms with van der Waals surface area (Å²) in [6, 6.07) is 12.7. The van der Waals surface area contributed by atoms with Gasteiger partial charge in [-0.2, -0.15) is 0 Å². The summed E-state index contributed by atoms with van der Waals surface area (Å²) >= 11 is 6.95. The molecule has 0 aliphatic carbocycles. The first-order chi connectivity index (χ1) is 12.0. The number of anilines is 1. The van der Waals surface area contributed by atoms with Gasteiger partial charge in [-0.3, -0.25) is 9.59 Å². The lowest BCUT2D eigenvalue weighted by Crippen LogP contribution is -2.35. The molecule has 5 nitrogen and oxygen atoms in total. The third-order valence-electron chi connectivity index (χ3n) is 3.68. The van der Waals surface area contributed by atoms with Gasteiger partial charge in [-0.25, -0.2) is 0 Å². The van der Waals surface area contributed by atoms with Gasteiger partial charge in [0.05, 0.1) is 12.2 Å². The molecule has 0 aliphatic heterocycles. The lowest BCUT2D eigenvalue weighted by atomic mass is 10.1. The SMILES string of the molecule is CCN(Cc1cc(Br)cc(Br)c1NC(=O)c1ccccc1)C(=O)CN. The topological polar surface area (TPSA) is 75.4 Å². The molecule has 0 saturated heterocycles. The summed E-state index contributed by atoms with van der Waals surface area (Å²) in [5.41, 5.74) is 7.49. The molecular weight excluding hydrogens is 450 g/mol. The smallest absolute Gasteiger partial charge is 0.255 e. The zero-order valence-electron chi connectivity index (χ0n) is 13.8. The highest BCUT2D eigenvalue weighted by Crippen LogP contribution is 2.32. The van der Waals surface area contributed by atoms with Crippen molar-refractivity contribution in [3.05, 3.63) is 62.5 Å². The van der Waals surface area contributed by atoms with E-state index >= 15 is 0 Å². The Kier molecular flexibility index (Phi) is 7.16. The Bertz CT molecular complexity index is 766. The van der Waals surface area contributed by atoms with E-state index < -0.39 is 0 Å². The Morgan fingerprint density at radius 2 is 1.84 bits per heavy atom. The highest BCUT2D eigenvalue weighted by molar-refractivity contribution is 9.11. The fraction of sp³-hybridized carbons (Fsp3) is 0.222. The first kappa shape index (κ1) is 19.6. The molecular formula is C18H19Br2N3O2. The van der Waals surface area contributed by atoms with E-state index in [0.29, 0.717) is 24.3 Å². The monoisotopic (exact) mass is 467 g/mol. The van der Waals surface area contributed by atoms with E-state index in [-0.39, 0.29) is 18.4 Å². The average Bonchev–Trinajstić information content (AvgIpc) is 2.62. The summed E-state index contributed by atoms with van der Waals surface area (Å²) in [4.78, 5) is 26.1. The first-order valence-electron chi connectivity index (χ1n) is 7.78. The summed E-state index contributed by atoms with van der Waals surface area (Å²) in [5.74, 6) is -0.350. The molecule has 0 spiro atoms. The number of carbonyl (C=O) groups is 2. The molecule has 2 aromatic carbocycles. The quantitative estimate of drug-likeness (QED) is 0.677. The van der Waals surface area contributed by atoms with Crippen LogP contribution in [0.25, 0.3) is 0 Å². The number of rotatable bonds is 6. The van der Waals surface area contributed by atoms with Crippen molar-refractivity contribution in [3.63, 3.8) is 0 Å². The maximum absolute atomic E-state index is 12.5. The van der Waals surface area contributed by atoms with E-state index in [4.69, 9.17) is 5.73 Å². The van der Waals surface area contributed by atoms with Crippen molar-refractivity contribution < 1.29 is 9.59 Å². The van der Waals surface area contributed by atoms with Crippen LogP contribution in [0.4, 0.5) is 5.69 Å². The molecule has 0 atom stereocenters. The summed E-state index contributed by atoms with van der Waals surface area (Å²) in [6.07, 6.45) is 0. The third kappa shape index (κ3) is 5.14. The van der Waals surface area contributed by atoms with Crippen LogP contribution in [-0.4, -0.2) is 29.8 Å². The van der Waals surface area contributed by atoms with Crippen molar-refractivity contribution in [2.75, 3.05) is 18.4 Å². The second-order valence-corrected chi connectivity index (χ2v) is 7.12. The van der Waals surface area contributed by atoms with Crippen LogP contribution in [0.3, 0.4) is 0 Å². The van der Waals surface area contributed by atoms with Crippen LogP contribution in [0.15, 0.2) is 51.4 Å². The molecule has 2 aromatic rings. The summed E-state index contributed by atoms with van der Waals surface area (Å²) in [5, 5.41) is 2.93. The lowest BCUT2D eigenvalue weighted by Gasteiger charge is -2.23. The molecule has 25 heavy (non-hydrogen) atoms. The fourth-order valence-corrected chi connectivity index (χ4v) is 3.79. The molecule has 0 fully saturated rings. The van der Waals surface area contributed by atoms with Crippen molar-refractivity contribution in [2.45, 2.75) is 13.5 Å². The second kappa shape index (κ2) is 9.12. The summed E-state index contributed by atoms with van der Waals surface area (Å²) in [6.45, 7) is 2.73. The molecule has 2 amide bonds. The number of hydrogen-bond donors (Lipinski definition) is 2. The first-order valence-corrected chi connectivity index (χ1v) is 9.37. The largest absolute Gasteiger partial charge is 0.337 e. The average molecular weight is 469 g/mol. The Labute approximate surface area is 163 Å². The molecule has 0 aromatic heterocycles. The standard InChI is InChI=1S/C18H19Br2N3O2/c1-2-23(16(24)10-21)11-13-8-14(19)9-15(20)17(13)22-18(25)12-6-4-3-5-7-12/h3-9H,2,10-11,21H2,1H3,(H,22,25). The van der Waals surface area contributed by atoms with Crippen molar-refractivity contribution in [3.8, 4) is 0 Å². The number of hydrogen-bond acceptors (Lipinski definition) is 3. The van der Waals surface area contributed by atoms with E-state index in [2.05, 4.69) is 37.2 Å². The number of nitrogens with two attached hydrogens (primary N) is 1. The van der Waals surface area contributed by atoms with Gasteiger partial charge in [0, 0.05) is 27.6 Å². The third-order valence-corrected chi connectivity index (χ3v) is 4.76. The van der Waals surface area contributed by atoms with Crippen molar-refractivity contribution in [1.29, 1.82) is 0 Å². The van der Waals surface area contributed by atoms with Crippen LogP contribution in [0.2, 0.25) is 0 Å². The normalized spacial score (nSPS) is 10.4. The van der Waals surface area contributed by atoms with Gasteiger partial charge in [-0.05, 0) is 52.7 Å². The van der Waals surface area contributed by atoms with Crippen molar-refractivity contribution in [2.24, 2.45) is 5.73 Å². The minimum atomic E-state index is -0.210. The molecule has 0 heterocycles. The molecule has 0 radical (unpaired) electrons. The van der Waals surface area contributed by atoms with Gasteiger partial charge in [-0.15, -0.1) is 0 Å². The van der Waals surface area contributed by atoms with E-state index in [1.54, 1.807) is 17.0 Å². The number of likely N-dealkylation sites (N-methyl/N-ethyl adjacent to an activating group) is 1. The number of amides is 2. The highest BCUT2D eigenvalue weighted by Gasteiger charge is 2.17. The molecule has 0 unspecified atom stereocenters. The van der Waals surface area contributed by atoms with Gasteiger partial charge in [0.1, 0.15) is 0 Å².